The fourth-order valence-electron chi connectivity index (χ4n) is 2.86. The zero-order chi connectivity index (χ0) is 16.9. The van der Waals surface area contributed by atoms with Crippen molar-refractivity contribution in [3.8, 4) is 5.75 Å². The number of rotatable bonds is 6. The van der Waals surface area contributed by atoms with Gasteiger partial charge in [-0.25, -0.2) is 4.90 Å². The van der Waals surface area contributed by atoms with Crippen molar-refractivity contribution < 1.29 is 14.3 Å². The van der Waals surface area contributed by atoms with Crippen LogP contribution in [0.3, 0.4) is 0 Å². The minimum Gasteiger partial charge on any atom is -0.497 e. The van der Waals surface area contributed by atoms with Crippen LogP contribution in [-0.4, -0.2) is 31.5 Å². The Labute approximate surface area is 141 Å². The van der Waals surface area contributed by atoms with E-state index in [0.717, 1.165) is 17.7 Å². The van der Waals surface area contributed by atoms with Crippen LogP contribution in [-0.2, 0) is 16.0 Å². The highest BCUT2D eigenvalue weighted by Crippen LogP contribution is 2.22. The molecule has 1 aliphatic heterocycles. The Morgan fingerprint density at radius 3 is 2.67 bits per heavy atom. The maximum atomic E-state index is 12.5. The van der Waals surface area contributed by atoms with E-state index >= 15 is 0 Å². The number of carbonyl (C=O) groups is 2. The maximum Gasteiger partial charge on any atom is 0.251 e. The van der Waals surface area contributed by atoms with Crippen molar-refractivity contribution in [2.75, 3.05) is 18.6 Å². The predicted molar refractivity (Wildman–Crippen MR) is 92.0 cm³/mol. The third-order valence-electron chi connectivity index (χ3n) is 4.10. The summed E-state index contributed by atoms with van der Waals surface area (Å²) in [6, 6.07) is 16.4. The van der Waals surface area contributed by atoms with Gasteiger partial charge in [-0.3, -0.25) is 9.59 Å². The zero-order valence-electron chi connectivity index (χ0n) is 13.6. The van der Waals surface area contributed by atoms with Gasteiger partial charge >= 0.3 is 0 Å². The molecule has 0 bridgehead atoms. The molecular weight excluding hydrogens is 304 g/mol. The second-order valence-corrected chi connectivity index (χ2v) is 5.72. The number of para-hydroxylation sites is 1. The molecule has 1 aliphatic rings. The lowest BCUT2D eigenvalue weighted by Crippen LogP contribution is -2.39. The van der Waals surface area contributed by atoms with Crippen molar-refractivity contribution in [2.45, 2.75) is 18.9 Å². The molecule has 5 heteroatoms. The second-order valence-electron chi connectivity index (χ2n) is 5.72. The first kappa shape index (κ1) is 16.2. The van der Waals surface area contributed by atoms with Gasteiger partial charge in [-0.2, -0.15) is 0 Å². The minimum atomic E-state index is -0.455. The molecule has 5 nitrogen and oxygen atoms in total. The van der Waals surface area contributed by atoms with Gasteiger partial charge in [0.05, 0.1) is 25.3 Å². The summed E-state index contributed by atoms with van der Waals surface area (Å²) in [4.78, 5) is 25.9. The molecule has 24 heavy (non-hydrogen) atoms. The standard InChI is InChI=1S/C19H20N2O3/c1-24-16-9-5-6-14(12-16)10-11-20-17-13-18(22)21(19(17)23)15-7-3-2-4-8-15/h2-9,12,17,20H,10-11,13H2,1H3/t17-/m1/s1. The number of benzene rings is 2. The second kappa shape index (κ2) is 7.27. The summed E-state index contributed by atoms with van der Waals surface area (Å²) in [6.07, 6.45) is 0.965. The quantitative estimate of drug-likeness (QED) is 0.827. The summed E-state index contributed by atoms with van der Waals surface area (Å²) >= 11 is 0. The Morgan fingerprint density at radius 1 is 1.12 bits per heavy atom. The Kier molecular flexibility index (Phi) is 4.91. The lowest BCUT2D eigenvalue weighted by Gasteiger charge is -2.15. The van der Waals surface area contributed by atoms with Crippen LogP contribution in [0.15, 0.2) is 54.6 Å². The number of hydrogen-bond donors (Lipinski definition) is 1. The molecule has 1 saturated heterocycles. The van der Waals surface area contributed by atoms with Crippen molar-refractivity contribution in [3.63, 3.8) is 0 Å². The Bertz CT molecular complexity index is 730. The molecule has 2 aromatic rings. The number of ether oxygens (including phenoxy) is 1. The lowest BCUT2D eigenvalue weighted by molar-refractivity contribution is -0.121. The predicted octanol–water partition coefficient (Wildman–Crippen LogP) is 2.16. The summed E-state index contributed by atoms with van der Waals surface area (Å²) in [5.74, 6) is 0.469. The smallest absolute Gasteiger partial charge is 0.251 e. The fraction of sp³-hybridized carbons (Fsp3) is 0.263. The van der Waals surface area contributed by atoms with Gasteiger partial charge in [0.2, 0.25) is 5.91 Å². The van der Waals surface area contributed by atoms with Crippen LogP contribution in [0.2, 0.25) is 0 Å². The van der Waals surface area contributed by atoms with Crippen LogP contribution >= 0.6 is 0 Å². The summed E-state index contributed by atoms with van der Waals surface area (Å²) in [5, 5.41) is 3.19. The number of hydrogen-bond acceptors (Lipinski definition) is 4. The van der Waals surface area contributed by atoms with Crippen LogP contribution in [0, 0.1) is 0 Å². The van der Waals surface area contributed by atoms with Gasteiger partial charge in [0.25, 0.3) is 5.91 Å². The molecule has 124 valence electrons. The molecule has 0 saturated carbocycles. The van der Waals surface area contributed by atoms with Crippen molar-refractivity contribution in [1.82, 2.24) is 5.32 Å². The topological polar surface area (TPSA) is 58.6 Å². The van der Waals surface area contributed by atoms with Gasteiger partial charge in [0, 0.05) is 0 Å². The largest absolute Gasteiger partial charge is 0.497 e. The van der Waals surface area contributed by atoms with Gasteiger partial charge in [0.1, 0.15) is 5.75 Å². The van der Waals surface area contributed by atoms with Gasteiger partial charge in [-0.1, -0.05) is 30.3 Å². The average Bonchev–Trinajstić information content (AvgIpc) is 2.89. The summed E-state index contributed by atoms with van der Waals surface area (Å²) in [7, 11) is 1.64. The van der Waals surface area contributed by atoms with Crippen LogP contribution in [0.4, 0.5) is 5.69 Å². The number of carbonyl (C=O) groups excluding carboxylic acids is 2. The SMILES string of the molecule is COc1cccc(CCN[C@@H]2CC(=O)N(c3ccccc3)C2=O)c1. The monoisotopic (exact) mass is 324 g/mol. The Morgan fingerprint density at radius 2 is 1.92 bits per heavy atom. The van der Waals surface area contributed by atoms with E-state index in [0.29, 0.717) is 12.2 Å². The summed E-state index contributed by atoms with van der Waals surface area (Å²) in [5.41, 5.74) is 1.75. The van der Waals surface area contributed by atoms with Gasteiger partial charge < -0.3 is 10.1 Å². The van der Waals surface area contributed by atoms with Crippen molar-refractivity contribution in [1.29, 1.82) is 0 Å². The number of nitrogens with one attached hydrogen (secondary N) is 1. The molecule has 0 aliphatic carbocycles. The van der Waals surface area contributed by atoms with Crippen molar-refractivity contribution in [3.05, 3.63) is 60.2 Å². The lowest BCUT2D eigenvalue weighted by atomic mass is 10.1. The molecular formula is C19H20N2O3. The van der Waals surface area contributed by atoms with Crippen LogP contribution < -0.4 is 15.0 Å². The van der Waals surface area contributed by atoms with E-state index in [4.69, 9.17) is 4.74 Å². The normalized spacial score (nSPS) is 17.4. The molecule has 0 radical (unpaired) electrons. The molecule has 3 rings (SSSR count). The average molecular weight is 324 g/mol. The highest BCUT2D eigenvalue weighted by Gasteiger charge is 2.38. The Hall–Kier alpha value is -2.66. The van der Waals surface area contributed by atoms with Crippen LogP contribution in [0.25, 0.3) is 0 Å². The minimum absolute atomic E-state index is 0.162. The zero-order valence-corrected chi connectivity index (χ0v) is 13.6. The van der Waals surface area contributed by atoms with Crippen LogP contribution in [0.1, 0.15) is 12.0 Å². The fourth-order valence-corrected chi connectivity index (χ4v) is 2.86. The highest BCUT2D eigenvalue weighted by atomic mass is 16.5. The number of imide groups is 1. The molecule has 1 heterocycles. The van der Waals surface area contributed by atoms with Gasteiger partial charge in [0.15, 0.2) is 0 Å². The molecule has 0 spiro atoms. The van der Waals surface area contributed by atoms with E-state index < -0.39 is 6.04 Å². The molecule has 0 aromatic heterocycles. The molecule has 2 amide bonds. The van der Waals surface area contributed by atoms with E-state index in [1.807, 2.05) is 42.5 Å². The summed E-state index contributed by atoms with van der Waals surface area (Å²) in [6.45, 7) is 0.624. The molecule has 2 aromatic carbocycles. The number of amides is 2. The van der Waals surface area contributed by atoms with Gasteiger partial charge in [-0.15, -0.1) is 0 Å². The maximum absolute atomic E-state index is 12.5. The molecule has 1 atom stereocenters. The Balaban J connectivity index is 1.58. The molecule has 1 N–H and O–H groups in total. The van der Waals surface area contributed by atoms with E-state index in [-0.39, 0.29) is 18.2 Å². The van der Waals surface area contributed by atoms with E-state index in [2.05, 4.69) is 5.32 Å². The van der Waals surface area contributed by atoms with Crippen molar-refractivity contribution in [2.24, 2.45) is 0 Å². The highest BCUT2D eigenvalue weighted by molar-refractivity contribution is 6.22. The number of methoxy groups -OCH3 is 1. The van der Waals surface area contributed by atoms with Crippen LogP contribution in [0.5, 0.6) is 5.75 Å². The first-order chi connectivity index (χ1) is 11.7. The summed E-state index contributed by atoms with van der Waals surface area (Å²) < 4.78 is 5.20. The third kappa shape index (κ3) is 3.46. The van der Waals surface area contributed by atoms with E-state index in [9.17, 15) is 9.59 Å². The van der Waals surface area contributed by atoms with E-state index in [1.54, 1.807) is 19.2 Å². The molecule has 0 unspecified atom stereocenters. The number of nitrogens with zero attached hydrogens (tertiary/aromatic N) is 1. The molecule has 1 fully saturated rings. The van der Waals surface area contributed by atoms with Gasteiger partial charge in [-0.05, 0) is 42.8 Å². The number of anilines is 1. The van der Waals surface area contributed by atoms with Crippen molar-refractivity contribution >= 4 is 17.5 Å². The van der Waals surface area contributed by atoms with E-state index in [1.165, 1.54) is 4.90 Å². The third-order valence-corrected chi connectivity index (χ3v) is 4.10. The first-order valence-electron chi connectivity index (χ1n) is 7.97. The first-order valence-corrected chi connectivity index (χ1v) is 7.97.